The molecule has 2 nitrogen and oxygen atoms in total. The largest absolute Gasteiger partial charge is 0.416 e. The Labute approximate surface area is 170 Å². The zero-order chi connectivity index (χ0) is 20.6. The van der Waals surface area contributed by atoms with Gasteiger partial charge in [0.25, 0.3) is 0 Å². The van der Waals surface area contributed by atoms with Gasteiger partial charge in [0.15, 0.2) is 0 Å². The average Bonchev–Trinajstić information content (AvgIpc) is 2.86. The summed E-state index contributed by atoms with van der Waals surface area (Å²) < 4.78 is 41.8. The first-order chi connectivity index (χ1) is 13.8. The summed E-state index contributed by atoms with van der Waals surface area (Å²) in [4.78, 5) is 4.17. The van der Waals surface area contributed by atoms with Gasteiger partial charge in [-0.25, -0.2) is 0 Å². The van der Waals surface area contributed by atoms with E-state index in [0.717, 1.165) is 30.8 Å². The topological polar surface area (TPSA) is 6.48 Å². The first-order valence-electron chi connectivity index (χ1n) is 10.3. The Morgan fingerprint density at radius 3 is 2.59 bits per heavy atom. The van der Waals surface area contributed by atoms with E-state index in [4.69, 9.17) is 0 Å². The highest BCUT2D eigenvalue weighted by Gasteiger charge is 2.38. The van der Waals surface area contributed by atoms with Crippen LogP contribution in [0, 0.1) is 5.92 Å². The first kappa shape index (κ1) is 20.0. The molecule has 0 saturated carbocycles. The molecule has 1 saturated heterocycles. The molecule has 154 valence electrons. The zero-order valence-corrected chi connectivity index (χ0v) is 16.8. The fourth-order valence-electron chi connectivity index (χ4n) is 4.61. The molecule has 0 bridgehead atoms. The molecule has 0 spiro atoms. The summed E-state index contributed by atoms with van der Waals surface area (Å²) in [7, 11) is 0. The van der Waals surface area contributed by atoms with Crippen molar-refractivity contribution in [2.75, 3.05) is 18.0 Å². The maximum Gasteiger partial charge on any atom is 0.416 e. The van der Waals surface area contributed by atoms with Gasteiger partial charge in [0, 0.05) is 36.6 Å². The molecule has 1 unspecified atom stereocenters. The Bertz CT molecular complexity index is 889. The summed E-state index contributed by atoms with van der Waals surface area (Å²) in [5.41, 5.74) is 2.67. The van der Waals surface area contributed by atoms with Gasteiger partial charge < -0.3 is 4.90 Å². The van der Waals surface area contributed by atoms with Gasteiger partial charge in [-0.05, 0) is 60.7 Å². The number of rotatable bonds is 3. The van der Waals surface area contributed by atoms with E-state index in [1.807, 2.05) is 41.3 Å². The predicted molar refractivity (Wildman–Crippen MR) is 111 cm³/mol. The number of hydrogen-bond donors (Lipinski definition) is 0. The SMILES string of the molecule is C=C1c2cc(CN3CCCCC(C)C3)cc(C(F)(F)F)c2CN1c1ccccc1. The normalized spacial score (nSPS) is 20.6. The average molecular weight is 400 g/mol. The number of fused-ring (bicyclic) bond motifs is 1. The Balaban J connectivity index is 1.69. The molecule has 2 aromatic carbocycles. The summed E-state index contributed by atoms with van der Waals surface area (Å²) in [5.74, 6) is 0.581. The molecule has 0 aliphatic carbocycles. The minimum Gasteiger partial charge on any atom is -0.337 e. The van der Waals surface area contributed by atoms with Gasteiger partial charge in [0.05, 0.1) is 5.56 Å². The monoisotopic (exact) mass is 400 g/mol. The van der Waals surface area contributed by atoms with Crippen LogP contribution in [0.3, 0.4) is 0 Å². The van der Waals surface area contributed by atoms with E-state index in [1.54, 1.807) is 0 Å². The molecule has 29 heavy (non-hydrogen) atoms. The highest BCUT2D eigenvalue weighted by atomic mass is 19.4. The molecule has 2 heterocycles. The second kappa shape index (κ2) is 7.86. The number of halogens is 3. The van der Waals surface area contributed by atoms with Gasteiger partial charge in [-0.15, -0.1) is 0 Å². The fourth-order valence-corrected chi connectivity index (χ4v) is 4.61. The van der Waals surface area contributed by atoms with Crippen molar-refractivity contribution in [2.45, 2.75) is 45.5 Å². The summed E-state index contributed by atoms with van der Waals surface area (Å²) in [6.45, 7) is 9.00. The number of anilines is 1. The van der Waals surface area contributed by atoms with Gasteiger partial charge >= 0.3 is 6.18 Å². The van der Waals surface area contributed by atoms with Crippen molar-refractivity contribution in [1.29, 1.82) is 0 Å². The molecule has 4 rings (SSSR count). The Hall–Kier alpha value is -2.27. The standard InChI is InChI=1S/C24H27F3N2/c1-17-8-6-7-11-28(14-17)15-19-12-21-18(2)29(20-9-4-3-5-10-20)16-22(21)23(13-19)24(25,26)27/h3-5,9-10,12-13,17H,2,6-8,11,14-16H2,1H3. The van der Waals surface area contributed by atoms with Crippen molar-refractivity contribution in [3.63, 3.8) is 0 Å². The second-order valence-electron chi connectivity index (χ2n) is 8.37. The maximum atomic E-state index is 13.9. The number of hydrogen-bond acceptors (Lipinski definition) is 2. The minimum atomic E-state index is -4.38. The van der Waals surface area contributed by atoms with Crippen molar-refractivity contribution >= 4 is 11.4 Å². The third kappa shape index (κ3) is 4.20. The lowest BCUT2D eigenvalue weighted by molar-refractivity contribution is -0.138. The first-order valence-corrected chi connectivity index (χ1v) is 10.3. The van der Waals surface area contributed by atoms with Crippen molar-refractivity contribution in [1.82, 2.24) is 4.90 Å². The number of alkyl halides is 3. The van der Waals surface area contributed by atoms with Crippen LogP contribution in [-0.2, 0) is 19.3 Å². The van der Waals surface area contributed by atoms with Crippen molar-refractivity contribution in [2.24, 2.45) is 5.92 Å². The Morgan fingerprint density at radius 2 is 1.86 bits per heavy atom. The summed E-state index contributed by atoms with van der Waals surface area (Å²) in [6.07, 6.45) is -0.884. The van der Waals surface area contributed by atoms with Crippen LogP contribution in [0.2, 0.25) is 0 Å². The molecule has 0 N–H and O–H groups in total. The van der Waals surface area contributed by atoms with Crippen LogP contribution in [0.25, 0.3) is 5.70 Å². The minimum absolute atomic E-state index is 0.202. The molecular formula is C24H27F3N2. The van der Waals surface area contributed by atoms with Gasteiger partial charge in [-0.1, -0.05) is 38.1 Å². The molecule has 2 aliphatic rings. The third-order valence-electron chi connectivity index (χ3n) is 6.03. The van der Waals surface area contributed by atoms with E-state index in [1.165, 1.54) is 18.9 Å². The van der Waals surface area contributed by atoms with Crippen molar-refractivity contribution in [3.05, 3.63) is 71.3 Å². The molecule has 0 aromatic heterocycles. The quantitative estimate of drug-likeness (QED) is 0.595. The molecule has 1 fully saturated rings. The van der Waals surface area contributed by atoms with Crippen LogP contribution >= 0.6 is 0 Å². The molecular weight excluding hydrogens is 373 g/mol. The zero-order valence-electron chi connectivity index (χ0n) is 16.8. The number of benzene rings is 2. The van der Waals surface area contributed by atoms with E-state index in [2.05, 4.69) is 18.4 Å². The Kier molecular flexibility index (Phi) is 5.43. The lowest BCUT2D eigenvalue weighted by atomic mass is 9.97. The molecule has 1 atom stereocenters. The number of para-hydroxylation sites is 1. The third-order valence-corrected chi connectivity index (χ3v) is 6.03. The van der Waals surface area contributed by atoms with E-state index in [0.29, 0.717) is 29.3 Å². The van der Waals surface area contributed by atoms with Crippen LogP contribution in [0.5, 0.6) is 0 Å². The highest BCUT2D eigenvalue weighted by molar-refractivity contribution is 5.84. The molecule has 0 amide bonds. The summed E-state index contributed by atoms with van der Waals surface area (Å²) >= 11 is 0. The number of nitrogens with zero attached hydrogens (tertiary/aromatic N) is 2. The van der Waals surface area contributed by atoms with Gasteiger partial charge in [-0.2, -0.15) is 13.2 Å². The molecule has 5 heteroatoms. The smallest absolute Gasteiger partial charge is 0.337 e. The van der Waals surface area contributed by atoms with Crippen LogP contribution in [0.1, 0.15) is 48.4 Å². The predicted octanol–water partition coefficient (Wildman–Crippen LogP) is 6.32. The van der Waals surface area contributed by atoms with Gasteiger partial charge in [-0.3, -0.25) is 4.90 Å². The lowest BCUT2D eigenvalue weighted by Gasteiger charge is -2.23. The van der Waals surface area contributed by atoms with Crippen molar-refractivity contribution in [3.8, 4) is 0 Å². The second-order valence-corrected chi connectivity index (χ2v) is 8.37. The number of likely N-dealkylation sites (tertiary alicyclic amines) is 1. The van der Waals surface area contributed by atoms with Crippen LogP contribution < -0.4 is 4.90 Å². The molecule has 2 aromatic rings. The highest BCUT2D eigenvalue weighted by Crippen LogP contribution is 2.43. The van der Waals surface area contributed by atoms with Crippen LogP contribution in [0.15, 0.2) is 49.0 Å². The lowest BCUT2D eigenvalue weighted by Crippen LogP contribution is -2.27. The Morgan fingerprint density at radius 1 is 1.10 bits per heavy atom. The maximum absolute atomic E-state index is 13.9. The molecule has 2 aliphatic heterocycles. The van der Waals surface area contributed by atoms with Gasteiger partial charge in [0.2, 0.25) is 0 Å². The van der Waals surface area contributed by atoms with E-state index >= 15 is 0 Å². The van der Waals surface area contributed by atoms with Crippen molar-refractivity contribution < 1.29 is 13.2 Å². The fraction of sp³-hybridized carbons (Fsp3) is 0.417. The van der Waals surface area contributed by atoms with Gasteiger partial charge in [0.1, 0.15) is 0 Å². The van der Waals surface area contributed by atoms with Crippen LogP contribution in [-0.4, -0.2) is 18.0 Å². The van der Waals surface area contributed by atoms with E-state index < -0.39 is 11.7 Å². The van der Waals surface area contributed by atoms with E-state index in [9.17, 15) is 13.2 Å². The summed E-state index contributed by atoms with van der Waals surface area (Å²) in [6, 6.07) is 12.8. The van der Waals surface area contributed by atoms with Crippen LogP contribution in [0.4, 0.5) is 18.9 Å². The van der Waals surface area contributed by atoms with E-state index in [-0.39, 0.29) is 6.54 Å². The molecule has 0 radical (unpaired) electrons. The summed E-state index contributed by atoms with van der Waals surface area (Å²) in [5, 5.41) is 0.